The van der Waals surface area contributed by atoms with Crippen molar-refractivity contribution in [1.29, 1.82) is 0 Å². The fourth-order valence-electron chi connectivity index (χ4n) is 1.95. The van der Waals surface area contributed by atoms with Crippen LogP contribution >= 0.6 is 35.0 Å². The van der Waals surface area contributed by atoms with E-state index in [0.29, 0.717) is 0 Å². The number of carbonyl (C=O) groups is 1. The third-order valence-electron chi connectivity index (χ3n) is 3.22. The van der Waals surface area contributed by atoms with Crippen LogP contribution < -0.4 is 5.32 Å². The molecule has 0 aliphatic carbocycles. The summed E-state index contributed by atoms with van der Waals surface area (Å²) in [5, 5.41) is 2.81. The number of rotatable bonds is 4. The maximum atomic E-state index is 13.5. The first-order valence-electron chi connectivity index (χ1n) is 6.51. The lowest BCUT2D eigenvalue weighted by Gasteiger charge is -2.15. The maximum absolute atomic E-state index is 13.5. The van der Waals surface area contributed by atoms with Crippen LogP contribution in [-0.4, -0.2) is 12.2 Å². The molecule has 0 fully saturated rings. The van der Waals surface area contributed by atoms with E-state index in [1.807, 2.05) is 37.4 Å². The summed E-state index contributed by atoms with van der Waals surface area (Å²) in [7, 11) is 0. The van der Waals surface area contributed by atoms with Gasteiger partial charge in [0.15, 0.2) is 0 Å². The van der Waals surface area contributed by atoms with Crippen molar-refractivity contribution in [3.8, 4) is 0 Å². The smallest absolute Gasteiger partial charge is 0.253 e. The van der Waals surface area contributed by atoms with Crippen LogP contribution in [0.4, 0.5) is 4.39 Å². The minimum Gasteiger partial charge on any atom is -0.345 e. The molecule has 1 N–H and O–H groups in total. The molecule has 0 saturated heterocycles. The Morgan fingerprint density at radius 3 is 2.41 bits per heavy atom. The molecule has 0 heterocycles. The van der Waals surface area contributed by atoms with Crippen LogP contribution in [0.25, 0.3) is 0 Å². The molecule has 6 heteroatoms. The molecule has 0 aromatic heterocycles. The van der Waals surface area contributed by atoms with E-state index >= 15 is 0 Å². The van der Waals surface area contributed by atoms with Crippen molar-refractivity contribution >= 4 is 40.9 Å². The highest BCUT2D eigenvalue weighted by Gasteiger charge is 2.16. The van der Waals surface area contributed by atoms with Gasteiger partial charge in [0.2, 0.25) is 0 Å². The molecule has 0 spiro atoms. The highest BCUT2D eigenvalue weighted by atomic mass is 35.5. The summed E-state index contributed by atoms with van der Waals surface area (Å²) in [5.74, 6) is -1.12. The highest BCUT2D eigenvalue weighted by molar-refractivity contribution is 7.98. The zero-order valence-electron chi connectivity index (χ0n) is 12.0. The molecule has 2 aromatic rings. The molecule has 1 unspecified atom stereocenters. The molecule has 1 amide bonds. The van der Waals surface area contributed by atoms with Gasteiger partial charge in [0, 0.05) is 4.90 Å². The summed E-state index contributed by atoms with van der Waals surface area (Å²) < 4.78 is 13.5. The Morgan fingerprint density at radius 1 is 1.18 bits per heavy atom. The molecule has 2 rings (SSSR count). The molecule has 2 aromatic carbocycles. The lowest BCUT2D eigenvalue weighted by atomic mass is 10.1. The highest BCUT2D eigenvalue weighted by Crippen LogP contribution is 2.25. The van der Waals surface area contributed by atoms with Crippen molar-refractivity contribution in [3.63, 3.8) is 0 Å². The number of hydrogen-bond donors (Lipinski definition) is 1. The maximum Gasteiger partial charge on any atom is 0.253 e. The number of benzene rings is 2. The van der Waals surface area contributed by atoms with E-state index in [9.17, 15) is 9.18 Å². The molecule has 0 aliphatic heterocycles. The van der Waals surface area contributed by atoms with Gasteiger partial charge in [-0.15, -0.1) is 11.8 Å². The summed E-state index contributed by atoms with van der Waals surface area (Å²) >= 11 is 13.2. The molecular weight excluding hydrogens is 344 g/mol. The van der Waals surface area contributed by atoms with Crippen molar-refractivity contribution in [2.75, 3.05) is 6.26 Å². The number of nitrogens with one attached hydrogen (secondary N) is 1. The van der Waals surface area contributed by atoms with Gasteiger partial charge in [0.1, 0.15) is 5.82 Å². The van der Waals surface area contributed by atoms with E-state index in [-0.39, 0.29) is 21.7 Å². The zero-order valence-corrected chi connectivity index (χ0v) is 14.3. The largest absolute Gasteiger partial charge is 0.345 e. The molecular formula is C16H14Cl2FNOS. The van der Waals surface area contributed by atoms with Gasteiger partial charge >= 0.3 is 0 Å². The molecule has 2 nitrogen and oxygen atoms in total. The van der Waals surface area contributed by atoms with E-state index in [1.54, 1.807) is 11.8 Å². The van der Waals surface area contributed by atoms with Gasteiger partial charge in [-0.05, 0) is 43.0 Å². The van der Waals surface area contributed by atoms with Crippen LogP contribution in [0.15, 0.2) is 41.3 Å². The monoisotopic (exact) mass is 357 g/mol. The van der Waals surface area contributed by atoms with Crippen molar-refractivity contribution in [1.82, 2.24) is 5.32 Å². The quantitative estimate of drug-likeness (QED) is 0.590. The van der Waals surface area contributed by atoms with E-state index in [1.165, 1.54) is 6.07 Å². The first-order chi connectivity index (χ1) is 10.4. The third kappa shape index (κ3) is 3.94. The summed E-state index contributed by atoms with van der Waals surface area (Å²) in [6, 6.07) is 9.91. The van der Waals surface area contributed by atoms with Crippen LogP contribution in [0, 0.1) is 5.82 Å². The van der Waals surface area contributed by atoms with Gasteiger partial charge < -0.3 is 5.32 Å². The second kappa shape index (κ2) is 7.36. The summed E-state index contributed by atoms with van der Waals surface area (Å²) in [5.41, 5.74) is 1.02. The zero-order chi connectivity index (χ0) is 16.3. The van der Waals surface area contributed by atoms with Gasteiger partial charge in [-0.2, -0.15) is 0 Å². The average Bonchev–Trinajstić information content (AvgIpc) is 2.50. The second-order valence-corrected chi connectivity index (χ2v) is 6.41. The molecule has 0 aliphatic rings. The lowest BCUT2D eigenvalue weighted by Crippen LogP contribution is -2.27. The first kappa shape index (κ1) is 17.1. The molecule has 0 saturated carbocycles. The number of hydrogen-bond acceptors (Lipinski definition) is 2. The molecule has 1 atom stereocenters. The number of carbonyl (C=O) groups excluding carboxylic acids is 1. The number of halogens is 3. The summed E-state index contributed by atoms with van der Waals surface area (Å²) in [6.07, 6.45) is 2.00. The molecule has 116 valence electrons. The third-order valence-corrected chi connectivity index (χ3v) is 4.56. The van der Waals surface area contributed by atoms with E-state index in [0.717, 1.165) is 16.5 Å². The van der Waals surface area contributed by atoms with Crippen LogP contribution in [0.5, 0.6) is 0 Å². The van der Waals surface area contributed by atoms with Crippen molar-refractivity contribution in [3.05, 3.63) is 63.4 Å². The summed E-state index contributed by atoms with van der Waals surface area (Å²) in [4.78, 5) is 13.4. The minimum absolute atomic E-state index is 0.0659. The molecule has 22 heavy (non-hydrogen) atoms. The van der Waals surface area contributed by atoms with Crippen LogP contribution in [-0.2, 0) is 0 Å². The van der Waals surface area contributed by atoms with Crippen LogP contribution in [0.1, 0.15) is 28.9 Å². The summed E-state index contributed by atoms with van der Waals surface area (Å²) in [6.45, 7) is 1.85. The van der Waals surface area contributed by atoms with Gasteiger partial charge in [-0.25, -0.2) is 4.39 Å². The van der Waals surface area contributed by atoms with Crippen molar-refractivity contribution in [2.24, 2.45) is 0 Å². The normalized spacial score (nSPS) is 12.0. The predicted octanol–water partition coefficient (Wildman–Crippen LogP) is 5.35. The van der Waals surface area contributed by atoms with Crippen molar-refractivity contribution in [2.45, 2.75) is 17.9 Å². The SMILES string of the molecule is CSc1ccc(C(C)NC(=O)c2cc(F)c(Cl)cc2Cl)cc1. The standard InChI is InChI=1S/C16H14Cl2FNOS/c1-9(10-3-5-11(22-2)6-4-10)20-16(21)12-7-15(19)14(18)8-13(12)17/h3-9H,1-2H3,(H,20,21). The average molecular weight is 358 g/mol. The first-order valence-corrected chi connectivity index (χ1v) is 8.49. The van der Waals surface area contributed by atoms with Crippen LogP contribution in [0.3, 0.4) is 0 Å². The van der Waals surface area contributed by atoms with Gasteiger partial charge in [0.25, 0.3) is 5.91 Å². The Labute approximate surface area is 143 Å². The Morgan fingerprint density at radius 2 is 1.82 bits per heavy atom. The van der Waals surface area contributed by atoms with Crippen molar-refractivity contribution < 1.29 is 9.18 Å². The minimum atomic E-state index is -0.673. The number of amides is 1. The Kier molecular flexibility index (Phi) is 5.73. The Hall–Kier alpha value is -1.23. The Bertz CT molecular complexity index is 691. The fourth-order valence-corrected chi connectivity index (χ4v) is 2.82. The Balaban J connectivity index is 2.15. The van der Waals surface area contributed by atoms with Gasteiger partial charge in [-0.3, -0.25) is 4.79 Å². The van der Waals surface area contributed by atoms with E-state index in [4.69, 9.17) is 23.2 Å². The predicted molar refractivity (Wildman–Crippen MR) is 90.5 cm³/mol. The number of thioether (sulfide) groups is 1. The van der Waals surface area contributed by atoms with Gasteiger partial charge in [0.05, 0.1) is 21.7 Å². The fraction of sp³-hybridized carbons (Fsp3) is 0.188. The van der Waals surface area contributed by atoms with E-state index in [2.05, 4.69) is 5.32 Å². The topological polar surface area (TPSA) is 29.1 Å². The molecule has 0 radical (unpaired) electrons. The second-order valence-electron chi connectivity index (χ2n) is 4.71. The lowest BCUT2D eigenvalue weighted by molar-refractivity contribution is 0.0939. The van der Waals surface area contributed by atoms with Gasteiger partial charge in [-0.1, -0.05) is 35.3 Å². The molecule has 0 bridgehead atoms. The van der Waals surface area contributed by atoms with Crippen LogP contribution in [0.2, 0.25) is 10.0 Å². The van der Waals surface area contributed by atoms with E-state index < -0.39 is 11.7 Å².